The molecule has 0 bridgehead atoms. The molecule has 8 heteroatoms. The van der Waals surface area contributed by atoms with Gasteiger partial charge in [0.15, 0.2) is 6.10 Å². The van der Waals surface area contributed by atoms with Gasteiger partial charge in [-0.3, -0.25) is 4.98 Å². The molecule has 1 saturated carbocycles. The van der Waals surface area contributed by atoms with Gasteiger partial charge in [0.2, 0.25) is 0 Å². The molecule has 1 aromatic heterocycles. The van der Waals surface area contributed by atoms with Crippen molar-refractivity contribution in [3.05, 3.63) is 23.5 Å². The van der Waals surface area contributed by atoms with Crippen LogP contribution in [-0.4, -0.2) is 54.6 Å². The maximum absolute atomic E-state index is 12.3. The lowest BCUT2D eigenvalue weighted by Gasteiger charge is -2.24. The van der Waals surface area contributed by atoms with E-state index < -0.39 is 0 Å². The van der Waals surface area contributed by atoms with Gasteiger partial charge in [0.05, 0.1) is 30.5 Å². The topological polar surface area (TPSA) is 81.7 Å². The highest BCUT2D eigenvalue weighted by Gasteiger charge is 2.49. The van der Waals surface area contributed by atoms with Crippen LogP contribution in [0, 0.1) is 0 Å². The van der Waals surface area contributed by atoms with Crippen molar-refractivity contribution < 1.29 is 19.0 Å². The predicted molar refractivity (Wildman–Crippen MR) is 95.5 cm³/mol. The molecule has 3 aliphatic rings. The van der Waals surface area contributed by atoms with Crippen molar-refractivity contribution in [2.75, 3.05) is 13.2 Å². The number of ether oxygens (including phenoxy) is 3. The lowest BCUT2D eigenvalue weighted by Crippen LogP contribution is -2.51. The average molecular weight is 382 g/mol. The molecule has 2 saturated heterocycles. The molecule has 3 heterocycles. The van der Waals surface area contributed by atoms with E-state index in [4.69, 9.17) is 25.8 Å². The average Bonchev–Trinajstić information content (AvgIpc) is 3.20. The molecule has 0 unspecified atom stereocenters. The zero-order valence-corrected chi connectivity index (χ0v) is 15.3. The van der Waals surface area contributed by atoms with Gasteiger partial charge in [-0.2, -0.15) is 0 Å². The Bertz CT molecular complexity index is 641. The summed E-state index contributed by atoms with van der Waals surface area (Å²) < 4.78 is 17.6. The smallest absolute Gasteiger partial charge is 0.315 e. The number of fused-ring (bicyclic) bond motifs is 1. The first-order valence-corrected chi connectivity index (χ1v) is 9.64. The van der Waals surface area contributed by atoms with Crippen molar-refractivity contribution in [1.82, 2.24) is 15.6 Å². The number of rotatable bonds is 4. The summed E-state index contributed by atoms with van der Waals surface area (Å²) in [5.74, 6) is 0.585. The Hall–Kier alpha value is -1.57. The highest BCUT2D eigenvalue weighted by Crippen LogP contribution is 2.30. The van der Waals surface area contributed by atoms with Gasteiger partial charge in [0, 0.05) is 18.3 Å². The van der Waals surface area contributed by atoms with Crippen LogP contribution in [0.4, 0.5) is 4.79 Å². The molecule has 26 heavy (non-hydrogen) atoms. The second-order valence-electron chi connectivity index (χ2n) is 7.15. The largest absolute Gasteiger partial charge is 0.484 e. The summed E-state index contributed by atoms with van der Waals surface area (Å²) >= 11 is 5.94. The number of aromatic nitrogens is 1. The van der Waals surface area contributed by atoms with E-state index in [1.807, 2.05) is 0 Å². The molecular weight excluding hydrogens is 358 g/mol. The second kappa shape index (κ2) is 7.98. The number of nitrogens with one attached hydrogen (secondary N) is 2. The highest BCUT2D eigenvalue weighted by molar-refractivity contribution is 6.30. The van der Waals surface area contributed by atoms with Gasteiger partial charge < -0.3 is 24.8 Å². The van der Waals surface area contributed by atoms with Gasteiger partial charge in [-0.25, -0.2) is 4.79 Å². The minimum atomic E-state index is -0.242. The summed E-state index contributed by atoms with van der Waals surface area (Å²) in [5.41, 5.74) is 0. The zero-order valence-electron chi connectivity index (χ0n) is 14.5. The Morgan fingerprint density at radius 3 is 2.73 bits per heavy atom. The van der Waals surface area contributed by atoms with Crippen molar-refractivity contribution in [3.63, 3.8) is 0 Å². The molecule has 4 atom stereocenters. The van der Waals surface area contributed by atoms with Crippen molar-refractivity contribution in [2.45, 2.75) is 62.5 Å². The SMILES string of the molecule is O=C(NC1CCCCC1)N[C@H]1CO[C@H]2[C@@H]1OC[C@@H]2Oc1cncc(Cl)c1. The standard InChI is InChI=1S/C18H24ClN3O4/c19-11-6-13(8-20-7-11)26-15-10-25-16-14(9-24-17(15)16)22-18(23)21-12-4-2-1-3-5-12/h6-8,12,14-17H,1-5,9-10H2,(H2,21,22,23)/t14-,15-,16+,17+/m0/s1. The molecule has 2 amide bonds. The number of carbonyl (C=O) groups is 1. The summed E-state index contributed by atoms with van der Waals surface area (Å²) in [6.45, 7) is 0.825. The van der Waals surface area contributed by atoms with E-state index in [1.165, 1.54) is 19.3 Å². The normalized spacial score (nSPS) is 31.4. The first-order chi connectivity index (χ1) is 12.7. The summed E-state index contributed by atoms with van der Waals surface area (Å²) in [6, 6.07) is 1.68. The zero-order chi connectivity index (χ0) is 17.9. The van der Waals surface area contributed by atoms with E-state index in [-0.39, 0.29) is 36.4 Å². The number of halogens is 1. The second-order valence-corrected chi connectivity index (χ2v) is 7.59. The Kier molecular flexibility index (Phi) is 5.47. The minimum Gasteiger partial charge on any atom is -0.484 e. The fourth-order valence-corrected chi connectivity index (χ4v) is 4.13. The molecule has 4 rings (SSSR count). The van der Waals surface area contributed by atoms with E-state index in [0.717, 1.165) is 12.8 Å². The summed E-state index contributed by atoms with van der Waals surface area (Å²) in [7, 11) is 0. The maximum Gasteiger partial charge on any atom is 0.315 e. The van der Waals surface area contributed by atoms with Crippen LogP contribution in [0.15, 0.2) is 18.5 Å². The summed E-state index contributed by atoms with van der Waals surface area (Å²) in [6.07, 6.45) is 8.25. The number of nitrogens with zero attached hydrogens (tertiary/aromatic N) is 1. The predicted octanol–water partition coefficient (Wildman–Crippen LogP) is 2.28. The van der Waals surface area contributed by atoms with Crippen LogP contribution in [0.3, 0.4) is 0 Å². The Morgan fingerprint density at radius 2 is 1.92 bits per heavy atom. The molecule has 2 N–H and O–H groups in total. The third-order valence-corrected chi connectivity index (χ3v) is 5.44. The monoisotopic (exact) mass is 381 g/mol. The number of hydrogen-bond donors (Lipinski definition) is 2. The van der Waals surface area contributed by atoms with E-state index >= 15 is 0 Å². The van der Waals surface area contributed by atoms with Crippen LogP contribution in [0.25, 0.3) is 0 Å². The number of pyridine rings is 1. The van der Waals surface area contributed by atoms with E-state index in [0.29, 0.717) is 24.0 Å². The van der Waals surface area contributed by atoms with Crippen LogP contribution < -0.4 is 15.4 Å². The summed E-state index contributed by atoms with van der Waals surface area (Å²) in [4.78, 5) is 16.3. The number of carbonyl (C=O) groups excluding carboxylic acids is 1. The van der Waals surface area contributed by atoms with Crippen LogP contribution in [0.5, 0.6) is 5.75 Å². The maximum atomic E-state index is 12.3. The van der Waals surface area contributed by atoms with Crippen molar-refractivity contribution in [1.29, 1.82) is 0 Å². The molecule has 2 aliphatic heterocycles. The molecule has 142 valence electrons. The van der Waals surface area contributed by atoms with Gasteiger partial charge >= 0.3 is 6.03 Å². The van der Waals surface area contributed by atoms with Crippen LogP contribution in [-0.2, 0) is 9.47 Å². The fourth-order valence-electron chi connectivity index (χ4n) is 3.96. The van der Waals surface area contributed by atoms with E-state index in [2.05, 4.69) is 15.6 Å². The molecule has 3 fully saturated rings. The Morgan fingerprint density at radius 1 is 1.12 bits per heavy atom. The third kappa shape index (κ3) is 4.05. The molecule has 0 aromatic carbocycles. The van der Waals surface area contributed by atoms with Crippen LogP contribution >= 0.6 is 11.6 Å². The Balaban J connectivity index is 1.29. The third-order valence-electron chi connectivity index (χ3n) is 5.23. The van der Waals surface area contributed by atoms with Gasteiger partial charge in [0.1, 0.15) is 18.0 Å². The van der Waals surface area contributed by atoms with Gasteiger partial charge in [-0.15, -0.1) is 0 Å². The Labute approximate surface area is 157 Å². The molecule has 0 spiro atoms. The van der Waals surface area contributed by atoms with E-state index in [9.17, 15) is 4.79 Å². The van der Waals surface area contributed by atoms with Crippen LogP contribution in [0.1, 0.15) is 32.1 Å². The van der Waals surface area contributed by atoms with Crippen molar-refractivity contribution >= 4 is 17.6 Å². The minimum absolute atomic E-state index is 0.141. The molecular formula is C18H24ClN3O4. The van der Waals surface area contributed by atoms with Crippen LogP contribution in [0.2, 0.25) is 5.02 Å². The van der Waals surface area contributed by atoms with E-state index in [1.54, 1.807) is 18.5 Å². The lowest BCUT2D eigenvalue weighted by molar-refractivity contribution is 0.0302. The van der Waals surface area contributed by atoms with Gasteiger partial charge in [0.25, 0.3) is 0 Å². The number of hydrogen-bond acceptors (Lipinski definition) is 5. The van der Waals surface area contributed by atoms with Crippen molar-refractivity contribution in [3.8, 4) is 5.75 Å². The molecule has 7 nitrogen and oxygen atoms in total. The first kappa shape index (κ1) is 17.8. The molecule has 1 aromatic rings. The van der Waals surface area contributed by atoms with Gasteiger partial charge in [-0.1, -0.05) is 30.9 Å². The first-order valence-electron chi connectivity index (χ1n) is 9.26. The highest BCUT2D eigenvalue weighted by atomic mass is 35.5. The fraction of sp³-hybridized carbons (Fsp3) is 0.667. The van der Waals surface area contributed by atoms with Crippen molar-refractivity contribution in [2.24, 2.45) is 0 Å². The van der Waals surface area contributed by atoms with Gasteiger partial charge in [-0.05, 0) is 12.8 Å². The quantitative estimate of drug-likeness (QED) is 0.836. The number of amides is 2. The molecule has 0 radical (unpaired) electrons. The molecule has 1 aliphatic carbocycles. The number of urea groups is 1. The lowest BCUT2D eigenvalue weighted by atomic mass is 9.96. The summed E-state index contributed by atoms with van der Waals surface area (Å²) in [5, 5.41) is 6.59.